The largest absolute Gasteiger partial charge is 0.329 e. The lowest BCUT2D eigenvalue weighted by molar-refractivity contribution is -0.127. The molecule has 32 heavy (non-hydrogen) atoms. The maximum atomic E-state index is 12.6. The molecule has 160 valence electrons. The Morgan fingerprint density at radius 1 is 0.938 bits per heavy atom. The van der Waals surface area contributed by atoms with Crippen LogP contribution >= 0.6 is 11.8 Å². The van der Waals surface area contributed by atoms with Gasteiger partial charge < -0.3 is 10.6 Å². The molecule has 1 aliphatic rings. The monoisotopic (exact) mass is 443 g/mol. The summed E-state index contributed by atoms with van der Waals surface area (Å²) in [6, 6.07) is 24.2. The van der Waals surface area contributed by atoms with Crippen LogP contribution in [-0.2, 0) is 9.59 Å². The summed E-state index contributed by atoms with van der Waals surface area (Å²) in [5, 5.41) is 5.21. The molecule has 0 bridgehead atoms. The predicted molar refractivity (Wildman–Crippen MR) is 125 cm³/mol. The van der Waals surface area contributed by atoms with Crippen molar-refractivity contribution in [2.75, 3.05) is 11.9 Å². The summed E-state index contributed by atoms with van der Waals surface area (Å²) in [7, 11) is 0. The number of nitrogens with zero attached hydrogens (tertiary/aromatic N) is 1. The van der Waals surface area contributed by atoms with Crippen LogP contribution < -0.4 is 10.6 Å². The second-order valence-corrected chi connectivity index (χ2v) is 8.42. The minimum atomic E-state index is -0.615. The molecule has 1 aliphatic heterocycles. The number of benzene rings is 3. The number of rotatable bonds is 6. The van der Waals surface area contributed by atoms with Gasteiger partial charge in [0, 0.05) is 15.5 Å². The van der Waals surface area contributed by atoms with Gasteiger partial charge >= 0.3 is 6.03 Å². The number of imide groups is 1. The van der Waals surface area contributed by atoms with Crippen LogP contribution in [0.4, 0.5) is 10.5 Å². The smallest absolute Gasteiger partial charge is 0.325 e. The van der Waals surface area contributed by atoms with Crippen LogP contribution in [0.25, 0.3) is 6.08 Å². The molecule has 0 saturated carbocycles. The average Bonchev–Trinajstić information content (AvgIpc) is 3.04. The minimum Gasteiger partial charge on any atom is -0.325 e. The van der Waals surface area contributed by atoms with Crippen LogP contribution in [0.3, 0.4) is 0 Å². The molecule has 0 radical (unpaired) electrons. The average molecular weight is 444 g/mol. The Morgan fingerprint density at radius 2 is 1.56 bits per heavy atom. The number of hydrogen-bond donors (Lipinski definition) is 2. The Balaban J connectivity index is 1.39. The van der Waals surface area contributed by atoms with Crippen molar-refractivity contribution >= 4 is 41.4 Å². The van der Waals surface area contributed by atoms with Crippen LogP contribution in [-0.4, -0.2) is 29.3 Å². The van der Waals surface area contributed by atoms with E-state index in [9.17, 15) is 14.4 Å². The number of aryl methyl sites for hydroxylation is 1. The molecule has 3 aromatic carbocycles. The van der Waals surface area contributed by atoms with Gasteiger partial charge in [0.1, 0.15) is 12.2 Å². The highest BCUT2D eigenvalue weighted by atomic mass is 32.2. The van der Waals surface area contributed by atoms with Crippen LogP contribution in [0.2, 0.25) is 0 Å². The topological polar surface area (TPSA) is 78.5 Å². The second-order valence-electron chi connectivity index (χ2n) is 7.28. The van der Waals surface area contributed by atoms with Crippen molar-refractivity contribution < 1.29 is 14.4 Å². The standard InChI is InChI=1S/C25H21N3O3S/c1-17-7-11-20(12-8-17)32-21-13-9-18(10-14-21)15-22-24(30)28(25(31)27-22)16-23(29)26-19-5-3-2-4-6-19/h2-15H,16H2,1H3,(H,26,29)(H,27,31)/b22-15+. The van der Waals surface area contributed by atoms with Gasteiger partial charge in [-0.25, -0.2) is 9.69 Å². The maximum Gasteiger partial charge on any atom is 0.329 e. The van der Waals surface area contributed by atoms with Crippen LogP contribution in [0.5, 0.6) is 0 Å². The molecule has 7 heteroatoms. The zero-order valence-electron chi connectivity index (χ0n) is 17.4. The van der Waals surface area contributed by atoms with Crippen molar-refractivity contribution in [3.05, 3.63) is 95.7 Å². The summed E-state index contributed by atoms with van der Waals surface area (Å²) in [5.74, 6) is -0.977. The lowest BCUT2D eigenvalue weighted by Crippen LogP contribution is -2.38. The lowest BCUT2D eigenvalue weighted by atomic mass is 10.2. The first kappa shape index (κ1) is 21.4. The van der Waals surface area contributed by atoms with Crippen LogP contribution in [0.15, 0.2) is 94.4 Å². The number of carbonyl (C=O) groups is 3. The van der Waals surface area contributed by atoms with E-state index >= 15 is 0 Å². The van der Waals surface area contributed by atoms with Crippen LogP contribution in [0.1, 0.15) is 11.1 Å². The van der Waals surface area contributed by atoms with Crippen molar-refractivity contribution in [2.24, 2.45) is 0 Å². The molecule has 1 saturated heterocycles. The molecule has 1 heterocycles. The minimum absolute atomic E-state index is 0.140. The van der Waals surface area contributed by atoms with E-state index < -0.39 is 17.8 Å². The van der Waals surface area contributed by atoms with Gasteiger partial charge in [0.2, 0.25) is 5.91 Å². The Hall–Kier alpha value is -3.84. The van der Waals surface area contributed by atoms with Gasteiger partial charge in [-0.1, -0.05) is 59.8 Å². The fourth-order valence-electron chi connectivity index (χ4n) is 3.12. The zero-order valence-corrected chi connectivity index (χ0v) is 18.2. The highest BCUT2D eigenvalue weighted by Gasteiger charge is 2.34. The molecule has 3 aromatic rings. The summed E-state index contributed by atoms with van der Waals surface area (Å²) in [6.45, 7) is 1.69. The molecule has 0 aliphatic carbocycles. The molecule has 6 nitrogen and oxygen atoms in total. The van der Waals surface area contributed by atoms with Crippen molar-refractivity contribution in [1.29, 1.82) is 0 Å². The highest BCUT2D eigenvalue weighted by molar-refractivity contribution is 7.99. The third-order valence-electron chi connectivity index (χ3n) is 4.77. The van der Waals surface area contributed by atoms with Gasteiger partial charge in [-0.2, -0.15) is 0 Å². The molecule has 1 fully saturated rings. The number of amides is 4. The van der Waals surface area contributed by atoms with Crippen molar-refractivity contribution in [3.63, 3.8) is 0 Å². The fourth-order valence-corrected chi connectivity index (χ4v) is 3.94. The Morgan fingerprint density at radius 3 is 2.22 bits per heavy atom. The zero-order chi connectivity index (χ0) is 22.5. The van der Waals surface area contributed by atoms with E-state index in [1.54, 1.807) is 42.1 Å². The quantitative estimate of drug-likeness (QED) is 0.428. The van der Waals surface area contributed by atoms with E-state index in [1.807, 2.05) is 30.3 Å². The first-order valence-electron chi connectivity index (χ1n) is 10.0. The molecular formula is C25H21N3O3S. The lowest BCUT2D eigenvalue weighted by Gasteiger charge is -2.11. The maximum absolute atomic E-state index is 12.6. The van der Waals surface area contributed by atoms with Crippen LogP contribution in [0, 0.1) is 6.92 Å². The molecule has 2 N–H and O–H groups in total. The first-order chi connectivity index (χ1) is 15.5. The number of carbonyl (C=O) groups excluding carboxylic acids is 3. The fraction of sp³-hybridized carbons (Fsp3) is 0.0800. The third-order valence-corrected chi connectivity index (χ3v) is 5.79. The molecule has 4 amide bonds. The third kappa shape index (κ3) is 5.25. The van der Waals surface area contributed by atoms with Crippen molar-refractivity contribution in [2.45, 2.75) is 16.7 Å². The normalized spacial score (nSPS) is 14.5. The summed E-state index contributed by atoms with van der Waals surface area (Å²) >= 11 is 1.65. The van der Waals surface area contributed by atoms with Crippen molar-refractivity contribution in [1.82, 2.24) is 10.2 Å². The summed E-state index contributed by atoms with van der Waals surface area (Å²) in [6.07, 6.45) is 1.61. The van der Waals surface area contributed by atoms with E-state index in [0.717, 1.165) is 20.3 Å². The Labute approximate surface area is 190 Å². The van der Waals surface area contributed by atoms with Gasteiger partial charge in [0.25, 0.3) is 5.91 Å². The van der Waals surface area contributed by atoms with E-state index in [0.29, 0.717) is 5.69 Å². The number of anilines is 1. The molecule has 0 unspecified atom stereocenters. The van der Waals surface area contributed by atoms with Gasteiger partial charge in [-0.3, -0.25) is 9.59 Å². The summed E-state index contributed by atoms with van der Waals surface area (Å²) in [5.41, 5.74) is 2.73. The molecule has 0 aromatic heterocycles. The van der Waals surface area contributed by atoms with Gasteiger partial charge in [-0.05, 0) is 55.0 Å². The predicted octanol–water partition coefficient (Wildman–Crippen LogP) is 4.68. The van der Waals surface area contributed by atoms with E-state index in [4.69, 9.17) is 0 Å². The van der Waals surface area contributed by atoms with Gasteiger partial charge in [-0.15, -0.1) is 0 Å². The highest BCUT2D eigenvalue weighted by Crippen LogP contribution is 2.28. The Kier molecular flexibility index (Phi) is 6.37. The van der Waals surface area contributed by atoms with E-state index in [2.05, 4.69) is 41.8 Å². The molecule has 0 atom stereocenters. The second kappa shape index (κ2) is 9.53. The molecular weight excluding hydrogens is 422 g/mol. The van der Waals surface area contributed by atoms with E-state index in [1.165, 1.54) is 5.56 Å². The SMILES string of the molecule is Cc1ccc(Sc2ccc(/C=C3/NC(=O)N(CC(=O)Nc4ccccc4)C3=O)cc2)cc1. The number of para-hydroxylation sites is 1. The summed E-state index contributed by atoms with van der Waals surface area (Å²) in [4.78, 5) is 40.2. The Bertz CT molecular complexity index is 1170. The molecule has 4 rings (SSSR count). The number of nitrogens with one attached hydrogen (secondary N) is 2. The first-order valence-corrected chi connectivity index (χ1v) is 10.8. The summed E-state index contributed by atoms with van der Waals surface area (Å²) < 4.78 is 0. The number of urea groups is 1. The molecule has 0 spiro atoms. The van der Waals surface area contributed by atoms with E-state index in [-0.39, 0.29) is 12.2 Å². The van der Waals surface area contributed by atoms with Gasteiger partial charge in [0.15, 0.2) is 0 Å². The van der Waals surface area contributed by atoms with Crippen molar-refractivity contribution in [3.8, 4) is 0 Å². The number of hydrogen-bond acceptors (Lipinski definition) is 4. The van der Waals surface area contributed by atoms with Gasteiger partial charge in [0.05, 0.1) is 0 Å².